The molecule has 2 fully saturated rings. The smallest absolute Gasteiger partial charge is 0.234 e. The molecule has 0 aromatic heterocycles. The number of rotatable bonds is 2. The van der Waals surface area contributed by atoms with Gasteiger partial charge in [-0.1, -0.05) is 17.7 Å². The average Bonchev–Trinajstić information content (AvgIpc) is 2.28. The van der Waals surface area contributed by atoms with Gasteiger partial charge in [0.25, 0.3) is 0 Å². The fourth-order valence-corrected chi connectivity index (χ4v) is 2.76. The molecular weight excluding hydrogens is 264 g/mol. The molecule has 2 aliphatic rings. The Morgan fingerprint density at radius 2 is 2.05 bits per heavy atom. The lowest BCUT2D eigenvalue weighted by Gasteiger charge is -2.33. The molecule has 19 heavy (non-hydrogen) atoms. The van der Waals surface area contributed by atoms with Crippen molar-refractivity contribution >= 4 is 29.1 Å². The van der Waals surface area contributed by atoms with Crippen LogP contribution < -0.4 is 10.2 Å². The highest BCUT2D eigenvalue weighted by Gasteiger charge is 2.29. The summed E-state index contributed by atoms with van der Waals surface area (Å²) >= 11 is 6.29. The molecule has 4 nitrogen and oxygen atoms in total. The summed E-state index contributed by atoms with van der Waals surface area (Å²) in [5.74, 6) is -0.768. The third-order valence-electron chi connectivity index (χ3n) is 3.66. The molecule has 1 atom stereocenters. The second-order valence-corrected chi connectivity index (χ2v) is 5.31. The van der Waals surface area contributed by atoms with Crippen molar-refractivity contribution in [3.05, 3.63) is 35.2 Å². The van der Waals surface area contributed by atoms with Gasteiger partial charge in [-0.15, -0.1) is 0 Å². The number of hydrogen-bond donors (Lipinski definition) is 1. The van der Waals surface area contributed by atoms with E-state index in [2.05, 4.69) is 16.6 Å². The van der Waals surface area contributed by atoms with E-state index in [1.807, 2.05) is 18.2 Å². The number of anilines is 1. The van der Waals surface area contributed by atoms with Crippen LogP contribution in [0.15, 0.2) is 18.2 Å². The van der Waals surface area contributed by atoms with Gasteiger partial charge < -0.3 is 4.90 Å². The molecule has 2 aliphatic heterocycles. The van der Waals surface area contributed by atoms with Crippen molar-refractivity contribution in [1.29, 1.82) is 0 Å². The Balaban J connectivity index is 1.84. The molecule has 0 aliphatic carbocycles. The first-order valence-corrected chi connectivity index (χ1v) is 6.72. The summed E-state index contributed by atoms with van der Waals surface area (Å²) in [7, 11) is 0. The Morgan fingerprint density at radius 3 is 2.63 bits per heavy atom. The van der Waals surface area contributed by atoms with Crippen LogP contribution in [0.25, 0.3) is 0 Å². The van der Waals surface area contributed by atoms with Gasteiger partial charge in [-0.3, -0.25) is 14.9 Å². The maximum Gasteiger partial charge on any atom is 0.234 e. The minimum atomic E-state index is -0.317. The monoisotopic (exact) mass is 277 g/mol. The maximum atomic E-state index is 11.8. The summed E-state index contributed by atoms with van der Waals surface area (Å²) < 4.78 is 0. The number of amides is 2. The SMILES string of the molecule is O=C1CC[C@@H](c2ccc(N3C[CH]C3)cc2Cl)C(=O)N1. The second-order valence-electron chi connectivity index (χ2n) is 4.90. The van der Waals surface area contributed by atoms with Gasteiger partial charge in [0.05, 0.1) is 5.92 Å². The predicted molar refractivity (Wildman–Crippen MR) is 73.1 cm³/mol. The van der Waals surface area contributed by atoms with E-state index in [1.165, 1.54) is 0 Å². The molecule has 0 saturated carbocycles. The van der Waals surface area contributed by atoms with Crippen molar-refractivity contribution < 1.29 is 9.59 Å². The van der Waals surface area contributed by atoms with Gasteiger partial charge in [0.15, 0.2) is 0 Å². The summed E-state index contributed by atoms with van der Waals surface area (Å²) in [6, 6.07) is 5.78. The van der Waals surface area contributed by atoms with Crippen LogP contribution in [0.4, 0.5) is 5.69 Å². The number of imide groups is 1. The minimum absolute atomic E-state index is 0.204. The lowest BCUT2D eigenvalue weighted by atomic mass is 9.90. The van der Waals surface area contributed by atoms with E-state index >= 15 is 0 Å². The Kier molecular flexibility index (Phi) is 3.19. The van der Waals surface area contributed by atoms with Crippen molar-refractivity contribution in [1.82, 2.24) is 5.32 Å². The highest BCUT2D eigenvalue weighted by atomic mass is 35.5. The summed E-state index contributed by atoms with van der Waals surface area (Å²) in [5.41, 5.74) is 1.88. The molecule has 0 unspecified atom stereocenters. The summed E-state index contributed by atoms with van der Waals surface area (Å²) in [6.45, 7) is 1.88. The largest absolute Gasteiger partial charge is 0.371 e. The van der Waals surface area contributed by atoms with Crippen LogP contribution in [0.5, 0.6) is 0 Å². The topological polar surface area (TPSA) is 49.4 Å². The standard InChI is InChI=1S/C14H14ClN2O2/c15-12-8-9(17-6-1-7-17)2-3-10(12)11-4-5-13(18)16-14(11)19/h1-3,8,11H,4-7H2,(H,16,18,19)/t11-/m0/s1. The molecule has 1 aromatic carbocycles. The lowest BCUT2D eigenvalue weighted by Crippen LogP contribution is -2.39. The van der Waals surface area contributed by atoms with Gasteiger partial charge in [-0.05, 0) is 24.1 Å². The number of nitrogens with zero attached hydrogens (tertiary/aromatic N) is 1. The van der Waals surface area contributed by atoms with Gasteiger partial charge in [-0.25, -0.2) is 0 Å². The van der Waals surface area contributed by atoms with E-state index in [-0.39, 0.29) is 17.7 Å². The predicted octanol–water partition coefficient (Wildman–Crippen LogP) is 1.88. The fraction of sp³-hybridized carbons (Fsp3) is 0.357. The van der Waals surface area contributed by atoms with Crippen LogP contribution in [0.3, 0.4) is 0 Å². The van der Waals surface area contributed by atoms with E-state index in [0.717, 1.165) is 24.3 Å². The average molecular weight is 278 g/mol. The van der Waals surface area contributed by atoms with Gasteiger partial charge >= 0.3 is 0 Å². The Hall–Kier alpha value is -1.55. The zero-order valence-electron chi connectivity index (χ0n) is 10.4. The maximum absolute atomic E-state index is 11.8. The molecule has 1 radical (unpaired) electrons. The van der Waals surface area contributed by atoms with Crippen molar-refractivity contribution in [2.75, 3.05) is 18.0 Å². The molecule has 99 valence electrons. The third kappa shape index (κ3) is 2.32. The minimum Gasteiger partial charge on any atom is -0.371 e. The quantitative estimate of drug-likeness (QED) is 0.840. The number of halogens is 1. The second kappa shape index (κ2) is 4.85. The van der Waals surface area contributed by atoms with Crippen LogP contribution in [-0.2, 0) is 9.59 Å². The molecule has 1 N–H and O–H groups in total. The number of carbonyl (C=O) groups excluding carboxylic acids is 2. The van der Waals surface area contributed by atoms with Crippen LogP contribution in [0.2, 0.25) is 5.02 Å². The third-order valence-corrected chi connectivity index (χ3v) is 3.99. The number of hydrogen-bond acceptors (Lipinski definition) is 3. The summed E-state index contributed by atoms with van der Waals surface area (Å²) in [4.78, 5) is 25.2. The molecule has 5 heteroatoms. The van der Waals surface area contributed by atoms with Crippen LogP contribution in [0, 0.1) is 6.42 Å². The first kappa shape index (κ1) is 12.5. The molecule has 1 aromatic rings. The van der Waals surface area contributed by atoms with Crippen LogP contribution in [-0.4, -0.2) is 24.9 Å². The van der Waals surface area contributed by atoms with Crippen molar-refractivity contribution in [2.24, 2.45) is 0 Å². The highest BCUT2D eigenvalue weighted by molar-refractivity contribution is 6.32. The van der Waals surface area contributed by atoms with E-state index < -0.39 is 0 Å². The normalized spacial score (nSPS) is 23.0. The zero-order valence-corrected chi connectivity index (χ0v) is 11.1. The van der Waals surface area contributed by atoms with Crippen molar-refractivity contribution in [3.63, 3.8) is 0 Å². The summed E-state index contributed by atoms with van der Waals surface area (Å²) in [5, 5.41) is 2.96. The fourth-order valence-electron chi connectivity index (χ4n) is 2.45. The molecule has 3 rings (SSSR count). The Morgan fingerprint density at radius 1 is 1.26 bits per heavy atom. The molecule has 2 heterocycles. The number of carbonyl (C=O) groups is 2. The Labute approximate surface area is 116 Å². The molecule has 0 bridgehead atoms. The summed E-state index contributed by atoms with van der Waals surface area (Å²) in [6.07, 6.45) is 3.08. The zero-order chi connectivity index (χ0) is 13.4. The Bertz CT molecular complexity index is 540. The first-order valence-electron chi connectivity index (χ1n) is 6.35. The van der Waals surface area contributed by atoms with E-state index in [4.69, 9.17) is 11.6 Å². The lowest BCUT2D eigenvalue weighted by molar-refractivity contribution is -0.134. The van der Waals surface area contributed by atoms with E-state index in [0.29, 0.717) is 17.9 Å². The van der Waals surface area contributed by atoms with E-state index in [9.17, 15) is 9.59 Å². The molecule has 0 spiro atoms. The van der Waals surface area contributed by atoms with Gasteiger partial charge in [-0.2, -0.15) is 0 Å². The number of piperidine rings is 1. The van der Waals surface area contributed by atoms with Crippen molar-refractivity contribution in [3.8, 4) is 0 Å². The highest BCUT2D eigenvalue weighted by Crippen LogP contribution is 2.34. The van der Waals surface area contributed by atoms with Crippen molar-refractivity contribution in [2.45, 2.75) is 18.8 Å². The van der Waals surface area contributed by atoms with Crippen LogP contribution in [0.1, 0.15) is 24.3 Å². The molecule has 2 saturated heterocycles. The van der Waals surface area contributed by atoms with Gasteiger partial charge in [0.1, 0.15) is 0 Å². The van der Waals surface area contributed by atoms with Crippen LogP contribution >= 0.6 is 11.6 Å². The number of benzene rings is 1. The van der Waals surface area contributed by atoms with E-state index in [1.54, 1.807) is 0 Å². The van der Waals surface area contributed by atoms with Gasteiger partial charge in [0.2, 0.25) is 11.8 Å². The van der Waals surface area contributed by atoms with Gasteiger partial charge in [0, 0.05) is 36.6 Å². The molecular formula is C14H14ClN2O2. The number of nitrogens with one attached hydrogen (secondary N) is 1. The first-order chi connectivity index (χ1) is 9.15. The molecule has 2 amide bonds.